The highest BCUT2D eigenvalue weighted by atomic mass is 19.3. The molecule has 2 aromatic carbocycles. The zero-order valence-corrected chi connectivity index (χ0v) is 11.7. The Balaban J connectivity index is 1.99. The van der Waals surface area contributed by atoms with Crippen molar-refractivity contribution in [1.82, 2.24) is 0 Å². The van der Waals surface area contributed by atoms with Gasteiger partial charge in [-0.05, 0) is 36.6 Å². The van der Waals surface area contributed by atoms with Crippen LogP contribution in [0.15, 0.2) is 48.5 Å². The van der Waals surface area contributed by atoms with Crippen LogP contribution in [-0.4, -0.2) is 6.54 Å². The summed E-state index contributed by atoms with van der Waals surface area (Å²) in [7, 11) is 0. The van der Waals surface area contributed by atoms with Crippen molar-refractivity contribution in [3.8, 4) is 0 Å². The molecule has 0 bridgehead atoms. The highest BCUT2D eigenvalue weighted by Crippen LogP contribution is 2.40. The molecule has 2 nitrogen and oxygen atoms in total. The van der Waals surface area contributed by atoms with Crippen molar-refractivity contribution in [2.45, 2.75) is 25.3 Å². The molecule has 3 rings (SSSR count). The summed E-state index contributed by atoms with van der Waals surface area (Å²) in [5.41, 5.74) is 7.84. The number of halogens is 2. The second-order valence-corrected chi connectivity index (χ2v) is 5.38. The van der Waals surface area contributed by atoms with E-state index in [2.05, 4.69) is 17.0 Å². The Hall–Kier alpha value is -2.10. The maximum Gasteiger partial charge on any atom is 0.265 e. The summed E-state index contributed by atoms with van der Waals surface area (Å²) in [6.07, 6.45) is -0.524. The molecule has 1 atom stereocenters. The number of hydrogen-bond donors (Lipinski definition) is 1. The molecule has 0 amide bonds. The molecule has 0 spiro atoms. The van der Waals surface area contributed by atoms with Gasteiger partial charge in [-0.25, -0.2) is 8.78 Å². The molecule has 1 aliphatic rings. The Labute approximate surface area is 123 Å². The van der Waals surface area contributed by atoms with Gasteiger partial charge < -0.3 is 10.6 Å². The van der Waals surface area contributed by atoms with Crippen molar-refractivity contribution in [2.24, 2.45) is 0 Å². The second-order valence-electron chi connectivity index (χ2n) is 5.38. The van der Waals surface area contributed by atoms with Crippen molar-refractivity contribution >= 4 is 11.4 Å². The van der Waals surface area contributed by atoms with Crippen LogP contribution in [0.4, 0.5) is 20.2 Å². The van der Waals surface area contributed by atoms with Crippen LogP contribution in [0, 0.1) is 0 Å². The van der Waals surface area contributed by atoms with Crippen molar-refractivity contribution < 1.29 is 8.78 Å². The van der Waals surface area contributed by atoms with Gasteiger partial charge >= 0.3 is 0 Å². The normalized spacial score (nSPS) is 18.4. The van der Waals surface area contributed by atoms with Gasteiger partial charge in [0.2, 0.25) is 0 Å². The van der Waals surface area contributed by atoms with Crippen molar-refractivity contribution in [2.75, 3.05) is 17.2 Å². The summed E-state index contributed by atoms with van der Waals surface area (Å²) < 4.78 is 26.6. The highest BCUT2D eigenvalue weighted by molar-refractivity contribution is 5.62. The van der Waals surface area contributed by atoms with E-state index in [1.807, 2.05) is 18.2 Å². The lowest BCUT2D eigenvalue weighted by atomic mass is 10.0. The number of anilines is 2. The zero-order valence-electron chi connectivity index (χ0n) is 11.7. The number of nitrogens with zero attached hydrogens (tertiary/aromatic N) is 1. The molecular formula is C17H18F2N2. The smallest absolute Gasteiger partial charge is 0.265 e. The van der Waals surface area contributed by atoms with Gasteiger partial charge in [0.1, 0.15) is 0 Å². The summed E-state index contributed by atoms with van der Waals surface area (Å²) in [4.78, 5) is 2.08. The minimum Gasteiger partial charge on any atom is -0.399 e. The van der Waals surface area contributed by atoms with E-state index >= 15 is 0 Å². The molecule has 21 heavy (non-hydrogen) atoms. The molecule has 1 fully saturated rings. The fourth-order valence-corrected chi connectivity index (χ4v) is 3.09. The van der Waals surface area contributed by atoms with Crippen molar-refractivity contribution in [3.05, 3.63) is 59.7 Å². The maximum atomic E-state index is 13.3. The van der Waals surface area contributed by atoms with Gasteiger partial charge in [0.05, 0.1) is 6.04 Å². The van der Waals surface area contributed by atoms with Crippen LogP contribution in [0.3, 0.4) is 0 Å². The van der Waals surface area contributed by atoms with Crippen LogP contribution in [0.1, 0.15) is 36.4 Å². The van der Waals surface area contributed by atoms with Crippen LogP contribution in [0.25, 0.3) is 0 Å². The molecule has 0 radical (unpaired) electrons. The lowest BCUT2D eigenvalue weighted by molar-refractivity contribution is 0.152. The summed E-state index contributed by atoms with van der Waals surface area (Å²) in [5.74, 6) is 0. The van der Waals surface area contributed by atoms with E-state index in [9.17, 15) is 8.78 Å². The predicted molar refractivity (Wildman–Crippen MR) is 81.6 cm³/mol. The maximum absolute atomic E-state index is 13.3. The largest absolute Gasteiger partial charge is 0.399 e. The van der Waals surface area contributed by atoms with Crippen LogP contribution in [-0.2, 0) is 0 Å². The first kappa shape index (κ1) is 13.9. The molecule has 1 aliphatic heterocycles. The average molecular weight is 288 g/mol. The third-order valence-electron chi connectivity index (χ3n) is 4.03. The standard InChI is InChI=1S/C17H18F2N2/c18-17(19)14-11-13(20)8-9-16(14)21-10-4-7-15(21)12-5-2-1-3-6-12/h1-3,5-6,8-9,11,15,17H,4,7,10,20H2. The van der Waals surface area contributed by atoms with E-state index in [0.717, 1.165) is 19.4 Å². The van der Waals surface area contributed by atoms with Crippen LogP contribution >= 0.6 is 0 Å². The number of nitrogen functional groups attached to an aromatic ring is 1. The molecule has 0 saturated carbocycles. The van der Waals surface area contributed by atoms with E-state index in [1.54, 1.807) is 12.1 Å². The Morgan fingerprint density at radius 3 is 2.57 bits per heavy atom. The third-order valence-corrected chi connectivity index (χ3v) is 4.03. The van der Waals surface area contributed by atoms with Gasteiger partial charge in [-0.15, -0.1) is 0 Å². The number of hydrogen-bond acceptors (Lipinski definition) is 2. The Bertz CT molecular complexity index is 613. The molecule has 1 unspecified atom stereocenters. The Morgan fingerprint density at radius 1 is 1.10 bits per heavy atom. The van der Waals surface area contributed by atoms with Gasteiger partial charge in [0.25, 0.3) is 6.43 Å². The number of benzene rings is 2. The van der Waals surface area contributed by atoms with Gasteiger partial charge in [0, 0.05) is 23.5 Å². The van der Waals surface area contributed by atoms with Crippen molar-refractivity contribution in [1.29, 1.82) is 0 Å². The quantitative estimate of drug-likeness (QED) is 0.840. The zero-order chi connectivity index (χ0) is 14.8. The molecule has 1 saturated heterocycles. The van der Waals surface area contributed by atoms with E-state index < -0.39 is 6.43 Å². The van der Waals surface area contributed by atoms with Crippen molar-refractivity contribution in [3.63, 3.8) is 0 Å². The molecule has 2 aromatic rings. The summed E-state index contributed by atoms with van der Waals surface area (Å²) in [6, 6.07) is 15.0. The molecule has 1 heterocycles. The fourth-order valence-electron chi connectivity index (χ4n) is 3.09. The minimum atomic E-state index is -2.51. The minimum absolute atomic E-state index is 0.0258. The van der Waals surface area contributed by atoms with E-state index in [1.165, 1.54) is 11.6 Å². The Morgan fingerprint density at radius 2 is 1.86 bits per heavy atom. The molecule has 110 valence electrons. The molecule has 0 aromatic heterocycles. The number of nitrogens with two attached hydrogens (primary N) is 1. The monoisotopic (exact) mass is 288 g/mol. The topological polar surface area (TPSA) is 29.3 Å². The first-order chi connectivity index (χ1) is 10.2. The first-order valence-corrected chi connectivity index (χ1v) is 7.16. The average Bonchev–Trinajstić information content (AvgIpc) is 2.97. The predicted octanol–water partition coefficient (Wildman–Crippen LogP) is 4.55. The number of alkyl halides is 2. The molecule has 0 aliphatic carbocycles. The fraction of sp³-hybridized carbons (Fsp3) is 0.294. The first-order valence-electron chi connectivity index (χ1n) is 7.16. The molecular weight excluding hydrogens is 270 g/mol. The van der Waals surface area contributed by atoms with Crippen LogP contribution in [0.5, 0.6) is 0 Å². The van der Waals surface area contributed by atoms with Gasteiger partial charge in [-0.1, -0.05) is 30.3 Å². The van der Waals surface area contributed by atoms with Crippen LogP contribution in [0.2, 0.25) is 0 Å². The third kappa shape index (κ3) is 2.71. The second kappa shape index (κ2) is 5.72. The van der Waals surface area contributed by atoms with Gasteiger partial charge in [-0.2, -0.15) is 0 Å². The molecule has 4 heteroatoms. The van der Waals surface area contributed by atoms with E-state index in [4.69, 9.17) is 5.73 Å². The molecule has 2 N–H and O–H groups in total. The summed E-state index contributed by atoms with van der Waals surface area (Å²) >= 11 is 0. The van der Waals surface area contributed by atoms with Gasteiger partial charge in [0.15, 0.2) is 0 Å². The number of rotatable bonds is 3. The summed E-state index contributed by atoms with van der Waals surface area (Å²) in [5, 5.41) is 0. The van der Waals surface area contributed by atoms with Crippen LogP contribution < -0.4 is 10.6 Å². The van der Waals surface area contributed by atoms with E-state index in [-0.39, 0.29) is 11.6 Å². The van der Waals surface area contributed by atoms with E-state index in [0.29, 0.717) is 11.4 Å². The highest BCUT2D eigenvalue weighted by Gasteiger charge is 2.29. The Kier molecular flexibility index (Phi) is 3.78. The van der Waals surface area contributed by atoms with Gasteiger partial charge in [-0.3, -0.25) is 0 Å². The summed E-state index contributed by atoms with van der Waals surface area (Å²) in [6.45, 7) is 0.795. The lowest BCUT2D eigenvalue weighted by Crippen LogP contribution is -2.23. The SMILES string of the molecule is Nc1ccc(N2CCCC2c2ccccc2)c(C(F)F)c1. The lowest BCUT2D eigenvalue weighted by Gasteiger charge is -2.29.